The van der Waals surface area contributed by atoms with Crippen LogP contribution in [-0.4, -0.2) is 35.4 Å². The summed E-state index contributed by atoms with van der Waals surface area (Å²) in [6.07, 6.45) is 0.268. The lowest BCUT2D eigenvalue weighted by atomic mass is 9.86. The van der Waals surface area contributed by atoms with Gasteiger partial charge < -0.3 is 9.84 Å². The molecule has 1 aromatic carbocycles. The summed E-state index contributed by atoms with van der Waals surface area (Å²) < 4.78 is 5.62. The molecule has 1 aliphatic heterocycles. The normalized spacial score (nSPS) is 22.2. The summed E-state index contributed by atoms with van der Waals surface area (Å²) >= 11 is 1.86. The third-order valence-electron chi connectivity index (χ3n) is 3.54. The van der Waals surface area contributed by atoms with Gasteiger partial charge in [-0.2, -0.15) is 11.8 Å². The Morgan fingerprint density at radius 2 is 2.00 bits per heavy atom. The lowest BCUT2D eigenvalue weighted by Gasteiger charge is -2.27. The van der Waals surface area contributed by atoms with E-state index in [1.165, 1.54) is 11.1 Å². The van der Waals surface area contributed by atoms with E-state index in [0.717, 1.165) is 18.1 Å². The van der Waals surface area contributed by atoms with Crippen LogP contribution in [-0.2, 0) is 16.6 Å². The fourth-order valence-corrected chi connectivity index (χ4v) is 3.17. The summed E-state index contributed by atoms with van der Waals surface area (Å²) in [5.41, 5.74) is 2.69. The molecule has 0 aromatic heterocycles. The predicted molar refractivity (Wildman–Crippen MR) is 81.9 cm³/mol. The van der Waals surface area contributed by atoms with E-state index in [4.69, 9.17) is 4.74 Å². The molecular weight excluding hydrogens is 256 g/mol. The number of thioether (sulfide) groups is 1. The van der Waals surface area contributed by atoms with Crippen molar-refractivity contribution in [2.24, 2.45) is 0 Å². The second kappa shape index (κ2) is 6.29. The van der Waals surface area contributed by atoms with Gasteiger partial charge in [-0.1, -0.05) is 45.0 Å². The first kappa shape index (κ1) is 14.9. The maximum absolute atomic E-state index is 10.2. The van der Waals surface area contributed by atoms with Crippen LogP contribution in [0.3, 0.4) is 0 Å². The minimum Gasteiger partial charge on any atom is -0.390 e. The Balaban J connectivity index is 1.95. The molecule has 19 heavy (non-hydrogen) atoms. The highest BCUT2D eigenvalue weighted by atomic mass is 32.2. The molecule has 0 aliphatic carbocycles. The molecule has 1 N–H and O–H groups in total. The smallest absolute Gasteiger partial charge is 0.0927 e. The van der Waals surface area contributed by atoms with Crippen molar-refractivity contribution in [2.45, 2.75) is 44.8 Å². The van der Waals surface area contributed by atoms with Crippen molar-refractivity contribution in [3.8, 4) is 0 Å². The summed E-state index contributed by atoms with van der Waals surface area (Å²) in [5.74, 6) is 1.95. The van der Waals surface area contributed by atoms with E-state index < -0.39 is 6.10 Å². The van der Waals surface area contributed by atoms with Crippen molar-refractivity contribution in [2.75, 3.05) is 18.1 Å². The molecule has 0 saturated carbocycles. The Morgan fingerprint density at radius 1 is 1.32 bits per heavy atom. The molecule has 2 unspecified atom stereocenters. The molecule has 2 nitrogen and oxygen atoms in total. The van der Waals surface area contributed by atoms with E-state index >= 15 is 0 Å². The summed E-state index contributed by atoms with van der Waals surface area (Å²) in [6, 6.07) is 8.58. The van der Waals surface area contributed by atoms with Crippen LogP contribution in [0.5, 0.6) is 0 Å². The first-order valence-corrected chi connectivity index (χ1v) is 8.09. The zero-order valence-electron chi connectivity index (χ0n) is 12.1. The summed E-state index contributed by atoms with van der Waals surface area (Å²) in [4.78, 5) is 0. The van der Waals surface area contributed by atoms with Crippen LogP contribution >= 0.6 is 11.8 Å². The Bertz CT molecular complexity index is 388. The van der Waals surface area contributed by atoms with Gasteiger partial charge in [0, 0.05) is 17.9 Å². The highest BCUT2D eigenvalue weighted by Gasteiger charge is 2.23. The van der Waals surface area contributed by atoms with Gasteiger partial charge in [-0.3, -0.25) is 0 Å². The molecule has 1 aromatic rings. The Hall–Kier alpha value is -0.510. The molecule has 0 spiro atoms. The molecule has 3 heteroatoms. The van der Waals surface area contributed by atoms with Gasteiger partial charge >= 0.3 is 0 Å². The molecule has 1 heterocycles. The molecule has 0 radical (unpaired) electrons. The molecule has 1 aliphatic rings. The number of hydrogen-bond donors (Lipinski definition) is 1. The maximum atomic E-state index is 10.2. The van der Waals surface area contributed by atoms with E-state index in [-0.39, 0.29) is 11.5 Å². The third-order valence-corrected chi connectivity index (χ3v) is 4.56. The average molecular weight is 280 g/mol. The van der Waals surface area contributed by atoms with Crippen LogP contribution in [0.15, 0.2) is 24.3 Å². The molecule has 0 amide bonds. The number of ether oxygens (including phenoxy) is 1. The van der Waals surface area contributed by atoms with Crippen LogP contribution < -0.4 is 0 Å². The Kier molecular flexibility index (Phi) is 4.93. The predicted octanol–water partition coefficient (Wildman–Crippen LogP) is 3.02. The van der Waals surface area contributed by atoms with Crippen molar-refractivity contribution in [3.05, 3.63) is 35.4 Å². The molecule has 1 saturated heterocycles. The van der Waals surface area contributed by atoms with Gasteiger partial charge in [0.15, 0.2) is 0 Å². The number of aliphatic hydroxyl groups is 1. The Labute approximate surface area is 120 Å². The summed E-state index contributed by atoms with van der Waals surface area (Å²) in [5, 5.41) is 10.2. The van der Waals surface area contributed by atoms with Crippen LogP contribution in [0.25, 0.3) is 0 Å². The van der Waals surface area contributed by atoms with E-state index in [9.17, 15) is 5.11 Å². The molecule has 1 fully saturated rings. The SMILES string of the molecule is CC(C)(C)c1ccc(CC(O)C2CSCCO2)cc1. The van der Waals surface area contributed by atoms with E-state index in [0.29, 0.717) is 6.42 Å². The zero-order valence-corrected chi connectivity index (χ0v) is 12.9. The second-order valence-electron chi connectivity index (χ2n) is 6.20. The number of aliphatic hydroxyl groups excluding tert-OH is 1. The number of rotatable bonds is 3. The van der Waals surface area contributed by atoms with Gasteiger partial charge in [0.25, 0.3) is 0 Å². The molecular formula is C16H24O2S. The van der Waals surface area contributed by atoms with E-state index in [1.807, 2.05) is 11.8 Å². The average Bonchev–Trinajstić information content (AvgIpc) is 2.39. The molecule has 106 valence electrons. The van der Waals surface area contributed by atoms with Crippen molar-refractivity contribution < 1.29 is 9.84 Å². The van der Waals surface area contributed by atoms with Crippen molar-refractivity contribution in [3.63, 3.8) is 0 Å². The van der Waals surface area contributed by atoms with Gasteiger partial charge in [0.2, 0.25) is 0 Å². The molecule has 2 atom stereocenters. The van der Waals surface area contributed by atoms with Crippen LogP contribution in [0, 0.1) is 0 Å². The fourth-order valence-electron chi connectivity index (χ4n) is 2.24. The summed E-state index contributed by atoms with van der Waals surface area (Å²) in [7, 11) is 0. The van der Waals surface area contributed by atoms with Crippen LogP contribution in [0.2, 0.25) is 0 Å². The fraction of sp³-hybridized carbons (Fsp3) is 0.625. The van der Waals surface area contributed by atoms with Crippen molar-refractivity contribution >= 4 is 11.8 Å². The lowest BCUT2D eigenvalue weighted by Crippen LogP contribution is -2.36. The lowest BCUT2D eigenvalue weighted by molar-refractivity contribution is -0.0207. The van der Waals surface area contributed by atoms with Gasteiger partial charge in [0.05, 0.1) is 18.8 Å². The second-order valence-corrected chi connectivity index (χ2v) is 7.35. The first-order valence-electron chi connectivity index (χ1n) is 6.93. The van der Waals surface area contributed by atoms with Gasteiger partial charge in [0.1, 0.15) is 0 Å². The summed E-state index contributed by atoms with van der Waals surface area (Å²) in [6.45, 7) is 7.40. The van der Waals surface area contributed by atoms with Crippen LogP contribution in [0.4, 0.5) is 0 Å². The van der Waals surface area contributed by atoms with Gasteiger partial charge in [-0.15, -0.1) is 0 Å². The standard InChI is InChI=1S/C16H24O2S/c1-16(2,3)13-6-4-12(5-7-13)10-14(17)15-11-19-9-8-18-15/h4-7,14-15,17H,8-11H2,1-3H3. The van der Waals surface area contributed by atoms with Crippen LogP contribution in [0.1, 0.15) is 31.9 Å². The topological polar surface area (TPSA) is 29.5 Å². The van der Waals surface area contributed by atoms with Gasteiger partial charge in [-0.05, 0) is 16.5 Å². The third kappa shape index (κ3) is 4.23. The number of benzene rings is 1. The van der Waals surface area contributed by atoms with E-state index in [2.05, 4.69) is 45.0 Å². The largest absolute Gasteiger partial charge is 0.390 e. The van der Waals surface area contributed by atoms with Crippen molar-refractivity contribution in [1.82, 2.24) is 0 Å². The monoisotopic (exact) mass is 280 g/mol. The highest BCUT2D eigenvalue weighted by Crippen LogP contribution is 2.23. The highest BCUT2D eigenvalue weighted by molar-refractivity contribution is 7.99. The molecule has 0 bridgehead atoms. The van der Waals surface area contributed by atoms with Gasteiger partial charge in [-0.25, -0.2) is 0 Å². The van der Waals surface area contributed by atoms with Crippen molar-refractivity contribution in [1.29, 1.82) is 0 Å². The van der Waals surface area contributed by atoms with E-state index in [1.54, 1.807) is 0 Å². The molecule has 2 rings (SSSR count). The minimum absolute atomic E-state index is 0.0129. The quantitative estimate of drug-likeness (QED) is 0.923. The number of hydrogen-bond acceptors (Lipinski definition) is 3. The first-order chi connectivity index (χ1) is 8.97. The minimum atomic E-state index is -0.395. The zero-order chi connectivity index (χ0) is 13.9. The maximum Gasteiger partial charge on any atom is 0.0927 e. The Morgan fingerprint density at radius 3 is 2.53 bits per heavy atom.